The molecule has 1 fully saturated rings. The highest BCUT2D eigenvalue weighted by atomic mass is 35.5. The average Bonchev–Trinajstić information content (AvgIpc) is 3.49. The second kappa shape index (κ2) is 9.46. The first kappa shape index (κ1) is 25.3. The molecule has 1 N–H and O–H groups in total. The summed E-state index contributed by atoms with van der Waals surface area (Å²) in [6.45, 7) is 0. The molecule has 7 heteroatoms. The smallest absolute Gasteiger partial charge is 0.238 e. The quantitative estimate of drug-likeness (QED) is 0.294. The molecular weight excluding hydrogens is 536 g/mol. The number of halogens is 1. The summed E-state index contributed by atoms with van der Waals surface area (Å²) in [6.07, 6.45) is 3.94. The number of amides is 1. The van der Waals surface area contributed by atoms with Crippen LogP contribution in [0, 0.1) is 5.92 Å². The van der Waals surface area contributed by atoms with Crippen molar-refractivity contribution in [2.24, 2.45) is 5.92 Å². The van der Waals surface area contributed by atoms with Crippen molar-refractivity contribution in [3.63, 3.8) is 0 Å². The van der Waals surface area contributed by atoms with Crippen LogP contribution in [0.4, 0.5) is 11.4 Å². The van der Waals surface area contributed by atoms with E-state index in [-0.39, 0.29) is 17.5 Å². The van der Waals surface area contributed by atoms with E-state index in [1.165, 1.54) is 7.11 Å². The number of hydrogen-bond acceptors (Lipinski definition) is 5. The topological polar surface area (TPSA) is 75.7 Å². The van der Waals surface area contributed by atoms with Gasteiger partial charge in [0.05, 0.1) is 19.1 Å². The van der Waals surface area contributed by atoms with Crippen LogP contribution in [-0.4, -0.2) is 36.7 Å². The van der Waals surface area contributed by atoms with Gasteiger partial charge in [0.1, 0.15) is 17.2 Å². The maximum Gasteiger partial charge on any atom is 0.238 e. The standard InChI is InChI=1S/C34H25ClN2O4/c1-41-24-9-6-8-22(19-24)31(38)29-30(32(39)21-13-16-23(35)17-14-21)37-27-12-5-2-7-20(27)15-18-28(37)34(29)25-10-3-4-11-26(25)36-33(34)40/h2-19,28-30H,1H3,(H,36,40)/t28-,29+,30+,34+/m1/s1. The Hall–Kier alpha value is -4.68. The molecule has 202 valence electrons. The molecule has 4 aromatic carbocycles. The van der Waals surface area contributed by atoms with Gasteiger partial charge in [-0.3, -0.25) is 14.4 Å². The fourth-order valence-electron chi connectivity index (χ4n) is 6.86. The Morgan fingerprint density at radius 3 is 2.44 bits per heavy atom. The number of ether oxygens (including phenoxy) is 1. The molecule has 7 rings (SSSR count). The van der Waals surface area contributed by atoms with Gasteiger partial charge in [0.2, 0.25) is 5.91 Å². The van der Waals surface area contributed by atoms with Crippen molar-refractivity contribution in [1.29, 1.82) is 0 Å². The normalized spacial score (nSPS) is 23.5. The molecule has 3 heterocycles. The summed E-state index contributed by atoms with van der Waals surface area (Å²) in [5.74, 6) is -1.40. The summed E-state index contributed by atoms with van der Waals surface area (Å²) in [4.78, 5) is 45.8. The fourth-order valence-corrected chi connectivity index (χ4v) is 6.99. The van der Waals surface area contributed by atoms with Gasteiger partial charge in [-0.15, -0.1) is 0 Å². The Kier molecular flexibility index (Phi) is 5.84. The Bertz CT molecular complexity index is 1760. The van der Waals surface area contributed by atoms with Gasteiger partial charge in [-0.25, -0.2) is 0 Å². The van der Waals surface area contributed by atoms with Crippen molar-refractivity contribution >= 4 is 46.5 Å². The lowest BCUT2D eigenvalue weighted by Gasteiger charge is -2.37. The second-order valence-corrected chi connectivity index (χ2v) is 11.0. The molecule has 0 unspecified atom stereocenters. The molecule has 0 aliphatic carbocycles. The first-order valence-corrected chi connectivity index (χ1v) is 13.8. The van der Waals surface area contributed by atoms with Crippen LogP contribution in [0.15, 0.2) is 103 Å². The van der Waals surface area contributed by atoms with Crippen molar-refractivity contribution in [2.45, 2.75) is 17.5 Å². The van der Waals surface area contributed by atoms with Gasteiger partial charge in [0.15, 0.2) is 11.6 Å². The summed E-state index contributed by atoms with van der Waals surface area (Å²) >= 11 is 6.17. The van der Waals surface area contributed by atoms with Crippen LogP contribution in [0.1, 0.15) is 31.8 Å². The molecule has 6 nitrogen and oxygen atoms in total. The number of fused-ring (bicyclic) bond motifs is 6. The van der Waals surface area contributed by atoms with Gasteiger partial charge in [-0.05, 0) is 59.7 Å². The molecule has 0 aromatic heterocycles. The largest absolute Gasteiger partial charge is 0.497 e. The zero-order chi connectivity index (χ0) is 28.3. The molecule has 0 saturated carbocycles. The van der Waals surface area contributed by atoms with Gasteiger partial charge in [0.25, 0.3) is 0 Å². The van der Waals surface area contributed by atoms with Crippen molar-refractivity contribution in [3.05, 3.63) is 130 Å². The van der Waals surface area contributed by atoms with E-state index in [4.69, 9.17) is 16.3 Å². The number of benzene rings is 4. The lowest BCUT2D eigenvalue weighted by atomic mass is 9.64. The second-order valence-electron chi connectivity index (χ2n) is 10.5. The number of carbonyl (C=O) groups is 3. The molecule has 4 atom stereocenters. The van der Waals surface area contributed by atoms with Crippen LogP contribution in [0.3, 0.4) is 0 Å². The average molecular weight is 561 g/mol. The minimum Gasteiger partial charge on any atom is -0.497 e. The number of anilines is 2. The van der Waals surface area contributed by atoms with E-state index in [1.54, 1.807) is 48.5 Å². The molecule has 1 saturated heterocycles. The molecule has 3 aliphatic rings. The van der Waals surface area contributed by atoms with E-state index in [0.29, 0.717) is 33.1 Å². The van der Waals surface area contributed by atoms with Gasteiger partial charge >= 0.3 is 0 Å². The molecule has 4 aromatic rings. The number of ketones is 2. The van der Waals surface area contributed by atoms with E-state index >= 15 is 0 Å². The molecule has 1 amide bonds. The number of hydrogen-bond donors (Lipinski definition) is 1. The van der Waals surface area contributed by atoms with Crippen molar-refractivity contribution in [3.8, 4) is 5.75 Å². The number of rotatable bonds is 5. The van der Waals surface area contributed by atoms with Crippen LogP contribution in [-0.2, 0) is 10.2 Å². The molecule has 1 spiro atoms. The summed E-state index contributed by atoms with van der Waals surface area (Å²) < 4.78 is 5.43. The first-order chi connectivity index (χ1) is 19.9. The van der Waals surface area contributed by atoms with Gasteiger partial charge in [-0.1, -0.05) is 72.3 Å². The number of methoxy groups -OCH3 is 1. The van der Waals surface area contributed by atoms with Gasteiger partial charge in [-0.2, -0.15) is 0 Å². The van der Waals surface area contributed by atoms with Gasteiger partial charge in [0, 0.05) is 27.5 Å². The maximum atomic E-state index is 14.8. The molecular formula is C34H25ClN2O4. The van der Waals surface area contributed by atoms with E-state index in [9.17, 15) is 14.4 Å². The number of carbonyl (C=O) groups excluding carboxylic acids is 3. The van der Waals surface area contributed by atoms with Crippen molar-refractivity contribution < 1.29 is 19.1 Å². The molecule has 0 bridgehead atoms. The Balaban J connectivity index is 1.53. The van der Waals surface area contributed by atoms with Crippen LogP contribution >= 0.6 is 11.6 Å². The third-order valence-electron chi connectivity index (χ3n) is 8.58. The SMILES string of the molecule is COc1cccc(C(=O)[C@@H]2[C@@H](C(=O)c3ccc(Cl)cc3)N3c4ccccc4C=C[C@@H]3[C@]23C(=O)Nc2ccccc23)c1. The Labute approximate surface area is 242 Å². The van der Waals surface area contributed by atoms with Crippen molar-refractivity contribution in [2.75, 3.05) is 17.3 Å². The maximum absolute atomic E-state index is 14.8. The third-order valence-corrected chi connectivity index (χ3v) is 8.83. The highest BCUT2D eigenvalue weighted by Crippen LogP contribution is 2.58. The molecule has 0 radical (unpaired) electrons. The van der Waals surface area contributed by atoms with Crippen LogP contribution in [0.5, 0.6) is 5.75 Å². The minimum absolute atomic E-state index is 0.257. The van der Waals surface area contributed by atoms with E-state index in [0.717, 1.165) is 11.3 Å². The van der Waals surface area contributed by atoms with Crippen molar-refractivity contribution in [1.82, 2.24) is 0 Å². The lowest BCUT2D eigenvalue weighted by Crippen LogP contribution is -2.51. The summed E-state index contributed by atoms with van der Waals surface area (Å²) in [6, 6.07) is 27.2. The Morgan fingerprint density at radius 2 is 1.63 bits per heavy atom. The molecule has 3 aliphatic heterocycles. The van der Waals surface area contributed by atoms with Crippen LogP contribution in [0.2, 0.25) is 5.02 Å². The third kappa shape index (κ3) is 3.60. The highest BCUT2D eigenvalue weighted by molar-refractivity contribution is 6.30. The zero-order valence-corrected chi connectivity index (χ0v) is 22.8. The number of nitrogens with one attached hydrogen (secondary N) is 1. The van der Waals surface area contributed by atoms with E-state index < -0.39 is 23.4 Å². The highest BCUT2D eigenvalue weighted by Gasteiger charge is 2.70. The predicted molar refractivity (Wildman–Crippen MR) is 159 cm³/mol. The summed E-state index contributed by atoms with van der Waals surface area (Å²) in [7, 11) is 1.54. The van der Waals surface area contributed by atoms with Crippen LogP contribution in [0.25, 0.3) is 6.08 Å². The fraction of sp³-hybridized carbons (Fsp3) is 0.147. The minimum atomic E-state index is -1.37. The zero-order valence-electron chi connectivity index (χ0n) is 22.1. The van der Waals surface area contributed by atoms with Crippen LogP contribution < -0.4 is 15.0 Å². The predicted octanol–water partition coefficient (Wildman–Crippen LogP) is 6.20. The lowest BCUT2D eigenvalue weighted by molar-refractivity contribution is -0.121. The number of Topliss-reactive ketones (excluding diaryl/α,β-unsaturated/α-hetero) is 2. The molecule has 41 heavy (non-hydrogen) atoms. The van der Waals surface area contributed by atoms with E-state index in [2.05, 4.69) is 5.32 Å². The monoisotopic (exact) mass is 560 g/mol. The number of nitrogens with zero attached hydrogens (tertiary/aromatic N) is 1. The Morgan fingerprint density at radius 1 is 0.878 bits per heavy atom. The number of para-hydroxylation sites is 2. The summed E-state index contributed by atoms with van der Waals surface area (Å²) in [5, 5.41) is 3.55. The van der Waals surface area contributed by atoms with Gasteiger partial charge < -0.3 is 15.0 Å². The first-order valence-electron chi connectivity index (χ1n) is 13.4. The summed E-state index contributed by atoms with van der Waals surface area (Å²) in [5.41, 5.74) is 2.48. The van der Waals surface area contributed by atoms with E-state index in [1.807, 2.05) is 65.6 Å².